The average molecular weight is 258 g/mol. The molecule has 0 bridgehead atoms. The van der Waals surface area contributed by atoms with E-state index in [4.69, 9.17) is 4.74 Å². The third kappa shape index (κ3) is 3.41. The molecular weight excluding hydrogens is 243 g/mol. The monoisotopic (exact) mass is 258 g/mol. The lowest BCUT2D eigenvalue weighted by Gasteiger charge is -2.07. The number of aryl methyl sites for hydroxylation is 1. The molecule has 0 radical (unpaired) electrons. The van der Waals surface area contributed by atoms with Gasteiger partial charge in [0.25, 0.3) is 0 Å². The smallest absolute Gasteiger partial charge is 0.163 e. The Morgan fingerprint density at radius 3 is 2.68 bits per heavy atom. The number of benzene rings is 2. The molecule has 0 fully saturated rings. The molecule has 2 rings (SSSR count). The highest BCUT2D eigenvalue weighted by molar-refractivity contribution is 5.96. The second-order valence-electron chi connectivity index (χ2n) is 4.25. The molecule has 0 amide bonds. The molecule has 2 nitrogen and oxygen atoms in total. The fourth-order valence-electron chi connectivity index (χ4n) is 1.96. The highest BCUT2D eigenvalue weighted by atomic mass is 19.1. The fraction of sp³-hybridized carbons (Fsp3) is 0.188. The van der Waals surface area contributed by atoms with Gasteiger partial charge in [0, 0.05) is 12.0 Å². The van der Waals surface area contributed by atoms with E-state index >= 15 is 0 Å². The molecule has 0 unspecified atom stereocenters. The molecule has 0 saturated carbocycles. The zero-order valence-corrected chi connectivity index (χ0v) is 10.7. The lowest BCUT2D eigenvalue weighted by Crippen LogP contribution is -2.02. The van der Waals surface area contributed by atoms with E-state index < -0.39 is 0 Å². The van der Waals surface area contributed by atoms with E-state index in [1.54, 1.807) is 19.2 Å². The number of para-hydroxylation sites is 1. The molecule has 0 aliphatic rings. The van der Waals surface area contributed by atoms with Crippen molar-refractivity contribution in [2.75, 3.05) is 7.11 Å². The van der Waals surface area contributed by atoms with Gasteiger partial charge in [0.1, 0.15) is 11.6 Å². The van der Waals surface area contributed by atoms with Crippen LogP contribution in [-0.2, 0) is 6.42 Å². The summed E-state index contributed by atoms with van der Waals surface area (Å²) in [5.41, 5.74) is 1.39. The number of carbonyl (C=O) groups is 1. The number of Topliss-reactive ketones (excluding diaryl/α,β-unsaturated/α-hetero) is 1. The summed E-state index contributed by atoms with van der Waals surface area (Å²) in [5.74, 6) is 0.322. The van der Waals surface area contributed by atoms with Crippen LogP contribution in [0.4, 0.5) is 4.39 Å². The number of methoxy groups -OCH3 is 1. The largest absolute Gasteiger partial charge is 0.496 e. The van der Waals surface area contributed by atoms with Gasteiger partial charge in [0.15, 0.2) is 5.78 Å². The first-order valence-electron chi connectivity index (χ1n) is 6.11. The minimum atomic E-state index is -0.386. The van der Waals surface area contributed by atoms with Gasteiger partial charge in [0.05, 0.1) is 7.11 Å². The normalized spacial score (nSPS) is 10.2. The summed E-state index contributed by atoms with van der Waals surface area (Å²) in [7, 11) is 1.60. The number of halogens is 1. The lowest BCUT2D eigenvalue weighted by atomic mass is 10.0. The Morgan fingerprint density at radius 2 is 1.95 bits per heavy atom. The van der Waals surface area contributed by atoms with Crippen LogP contribution in [0.3, 0.4) is 0 Å². The van der Waals surface area contributed by atoms with Crippen LogP contribution >= 0.6 is 0 Å². The van der Waals surface area contributed by atoms with Gasteiger partial charge in [-0.05, 0) is 30.2 Å². The van der Waals surface area contributed by atoms with Crippen LogP contribution < -0.4 is 4.74 Å². The van der Waals surface area contributed by atoms with Gasteiger partial charge in [-0.1, -0.05) is 30.3 Å². The summed E-state index contributed by atoms with van der Waals surface area (Å²) in [6.45, 7) is 0. The van der Waals surface area contributed by atoms with Crippen molar-refractivity contribution in [2.24, 2.45) is 0 Å². The Bertz CT molecular complexity index is 578. The highest BCUT2D eigenvalue weighted by Gasteiger charge is 2.09. The van der Waals surface area contributed by atoms with Gasteiger partial charge < -0.3 is 4.74 Å². The minimum absolute atomic E-state index is 0.0644. The molecule has 0 spiro atoms. The molecule has 0 aliphatic heterocycles. The predicted octanol–water partition coefficient (Wildman–Crippen LogP) is 3.65. The molecule has 3 heteroatoms. The predicted molar refractivity (Wildman–Crippen MR) is 72.0 cm³/mol. The molecule has 2 aromatic rings. The SMILES string of the molecule is COc1ccccc1CCC(=O)c1cccc(F)c1. The molecule has 98 valence electrons. The maximum Gasteiger partial charge on any atom is 0.163 e. The Kier molecular flexibility index (Phi) is 4.29. The van der Waals surface area contributed by atoms with E-state index in [0.29, 0.717) is 18.4 Å². The van der Waals surface area contributed by atoms with E-state index in [1.807, 2.05) is 24.3 Å². The molecular formula is C16H15FO2. The molecule has 2 aromatic carbocycles. The quantitative estimate of drug-likeness (QED) is 0.765. The van der Waals surface area contributed by atoms with Crippen LogP contribution in [0.1, 0.15) is 22.3 Å². The molecule has 0 saturated heterocycles. The summed E-state index contributed by atoms with van der Waals surface area (Å²) in [6, 6.07) is 13.4. The van der Waals surface area contributed by atoms with Gasteiger partial charge in [0.2, 0.25) is 0 Å². The molecule has 19 heavy (non-hydrogen) atoms. The first-order valence-corrected chi connectivity index (χ1v) is 6.11. The van der Waals surface area contributed by atoms with E-state index in [1.165, 1.54) is 12.1 Å². The molecule has 0 atom stereocenters. The van der Waals surface area contributed by atoms with Crippen molar-refractivity contribution < 1.29 is 13.9 Å². The van der Waals surface area contributed by atoms with Gasteiger partial charge in [-0.3, -0.25) is 4.79 Å². The molecule has 0 aromatic heterocycles. The van der Waals surface area contributed by atoms with Crippen molar-refractivity contribution >= 4 is 5.78 Å². The molecule has 0 N–H and O–H groups in total. The lowest BCUT2D eigenvalue weighted by molar-refractivity contribution is 0.0982. The van der Waals surface area contributed by atoms with Crippen molar-refractivity contribution in [1.82, 2.24) is 0 Å². The van der Waals surface area contributed by atoms with E-state index in [9.17, 15) is 9.18 Å². The number of rotatable bonds is 5. The minimum Gasteiger partial charge on any atom is -0.496 e. The standard InChI is InChI=1S/C16H15FO2/c1-19-16-8-3-2-5-12(16)9-10-15(18)13-6-4-7-14(17)11-13/h2-8,11H,9-10H2,1H3. The number of ether oxygens (including phenoxy) is 1. The van der Waals surface area contributed by atoms with Gasteiger partial charge in [-0.15, -0.1) is 0 Å². The Labute approximate surface area is 111 Å². The van der Waals surface area contributed by atoms with Crippen molar-refractivity contribution in [3.8, 4) is 5.75 Å². The Morgan fingerprint density at radius 1 is 1.16 bits per heavy atom. The number of hydrogen-bond acceptors (Lipinski definition) is 2. The van der Waals surface area contributed by atoms with Crippen molar-refractivity contribution in [3.05, 3.63) is 65.5 Å². The summed E-state index contributed by atoms with van der Waals surface area (Å²) in [6.07, 6.45) is 0.920. The molecule has 0 aliphatic carbocycles. The van der Waals surface area contributed by atoms with Crippen LogP contribution in [0, 0.1) is 5.82 Å². The summed E-state index contributed by atoms with van der Waals surface area (Å²) < 4.78 is 18.3. The topological polar surface area (TPSA) is 26.3 Å². The maximum atomic E-state index is 13.0. The van der Waals surface area contributed by atoms with E-state index in [2.05, 4.69) is 0 Å². The number of ketones is 1. The van der Waals surface area contributed by atoms with Crippen molar-refractivity contribution in [2.45, 2.75) is 12.8 Å². The first kappa shape index (κ1) is 13.3. The number of carbonyl (C=O) groups excluding carboxylic acids is 1. The van der Waals surface area contributed by atoms with Crippen LogP contribution in [0.2, 0.25) is 0 Å². The van der Waals surface area contributed by atoms with Crippen LogP contribution in [0.5, 0.6) is 5.75 Å². The van der Waals surface area contributed by atoms with E-state index in [-0.39, 0.29) is 11.6 Å². The zero-order chi connectivity index (χ0) is 13.7. The summed E-state index contributed by atoms with van der Waals surface area (Å²) in [4.78, 5) is 12.0. The first-order chi connectivity index (χ1) is 9.20. The van der Waals surface area contributed by atoms with Crippen molar-refractivity contribution in [3.63, 3.8) is 0 Å². The van der Waals surface area contributed by atoms with Gasteiger partial charge >= 0.3 is 0 Å². The van der Waals surface area contributed by atoms with E-state index in [0.717, 1.165) is 11.3 Å². The molecule has 0 heterocycles. The zero-order valence-electron chi connectivity index (χ0n) is 10.7. The Hall–Kier alpha value is -2.16. The third-order valence-corrected chi connectivity index (χ3v) is 2.96. The third-order valence-electron chi connectivity index (χ3n) is 2.96. The fourth-order valence-corrected chi connectivity index (χ4v) is 1.96. The van der Waals surface area contributed by atoms with Crippen LogP contribution in [-0.4, -0.2) is 12.9 Å². The van der Waals surface area contributed by atoms with Gasteiger partial charge in [-0.25, -0.2) is 4.39 Å². The Balaban J connectivity index is 2.04. The highest BCUT2D eigenvalue weighted by Crippen LogP contribution is 2.19. The van der Waals surface area contributed by atoms with Gasteiger partial charge in [-0.2, -0.15) is 0 Å². The van der Waals surface area contributed by atoms with Crippen LogP contribution in [0.25, 0.3) is 0 Å². The maximum absolute atomic E-state index is 13.0. The average Bonchev–Trinajstić information content (AvgIpc) is 2.45. The summed E-state index contributed by atoms with van der Waals surface area (Å²) in [5, 5.41) is 0. The van der Waals surface area contributed by atoms with Crippen molar-refractivity contribution in [1.29, 1.82) is 0 Å². The number of hydrogen-bond donors (Lipinski definition) is 0. The van der Waals surface area contributed by atoms with Crippen LogP contribution in [0.15, 0.2) is 48.5 Å². The second-order valence-corrected chi connectivity index (χ2v) is 4.25. The summed E-state index contributed by atoms with van der Waals surface area (Å²) >= 11 is 0. The second kappa shape index (κ2) is 6.14.